The molecule has 2 spiro atoms. The molecule has 5 aliphatic carbocycles. The number of hydrogen-bond donors (Lipinski definition) is 2. The van der Waals surface area contributed by atoms with Crippen LogP contribution in [0.25, 0.3) is 0 Å². The zero-order valence-electron chi connectivity index (χ0n) is 31.7. The summed E-state index contributed by atoms with van der Waals surface area (Å²) in [4.78, 5) is 28.0. The Morgan fingerprint density at radius 1 is 0.980 bits per heavy atom. The van der Waals surface area contributed by atoms with Gasteiger partial charge in [0.2, 0.25) is 0 Å². The smallest absolute Gasteiger partial charge is 0.410 e. The van der Waals surface area contributed by atoms with Gasteiger partial charge in [0.05, 0.1) is 44.1 Å². The van der Waals surface area contributed by atoms with Gasteiger partial charge in [0.15, 0.2) is 6.29 Å². The number of aliphatic hydroxyl groups is 1. The lowest BCUT2D eigenvalue weighted by Crippen LogP contribution is -2.60. The van der Waals surface area contributed by atoms with Crippen LogP contribution in [0.1, 0.15) is 106 Å². The van der Waals surface area contributed by atoms with Crippen LogP contribution in [0.2, 0.25) is 0 Å². The second-order valence-electron chi connectivity index (χ2n) is 19.5. The summed E-state index contributed by atoms with van der Waals surface area (Å²) in [6.07, 6.45) is 8.02. The van der Waals surface area contributed by atoms with Crippen molar-refractivity contribution in [2.45, 2.75) is 143 Å². The maximum atomic E-state index is 13.0. The van der Waals surface area contributed by atoms with Gasteiger partial charge < -0.3 is 34.1 Å². The molecular formula is C40H64N2O8. The van der Waals surface area contributed by atoms with Crippen molar-refractivity contribution in [1.82, 2.24) is 9.80 Å². The lowest BCUT2D eigenvalue weighted by Gasteiger charge is -2.64. The summed E-state index contributed by atoms with van der Waals surface area (Å²) in [5.41, 5.74) is 0.227. The van der Waals surface area contributed by atoms with Crippen LogP contribution >= 0.6 is 0 Å². The van der Waals surface area contributed by atoms with E-state index in [4.69, 9.17) is 18.9 Å². The van der Waals surface area contributed by atoms with Crippen molar-refractivity contribution in [3.8, 4) is 0 Å². The fourth-order valence-electron chi connectivity index (χ4n) is 14.4. The molecular weight excluding hydrogens is 636 g/mol. The Labute approximate surface area is 299 Å². The highest BCUT2D eigenvalue weighted by molar-refractivity contribution is 5.69. The van der Waals surface area contributed by atoms with E-state index < -0.39 is 18.4 Å². The second kappa shape index (κ2) is 12.0. The first-order valence-electron chi connectivity index (χ1n) is 20.1. The van der Waals surface area contributed by atoms with Gasteiger partial charge in [0.25, 0.3) is 0 Å². The van der Waals surface area contributed by atoms with E-state index in [1.807, 2.05) is 4.90 Å². The lowest BCUT2D eigenvalue weighted by molar-refractivity contribution is -0.248. The molecule has 1 amide bonds. The highest BCUT2D eigenvalue weighted by Crippen LogP contribution is 2.89. The van der Waals surface area contributed by atoms with Gasteiger partial charge >= 0.3 is 12.1 Å². The van der Waals surface area contributed by atoms with Crippen molar-refractivity contribution in [2.75, 3.05) is 39.3 Å². The third-order valence-corrected chi connectivity index (χ3v) is 16.9. The number of carboxylic acid groups (broad SMARTS) is 1. The largest absolute Gasteiger partial charge is 0.480 e. The van der Waals surface area contributed by atoms with Gasteiger partial charge in [-0.2, -0.15) is 0 Å². The molecule has 2 N–H and O–H groups in total. The summed E-state index contributed by atoms with van der Waals surface area (Å²) >= 11 is 0. The van der Waals surface area contributed by atoms with Crippen molar-refractivity contribution in [1.29, 1.82) is 0 Å². The number of aliphatic carboxylic acids is 1. The molecule has 0 bridgehead atoms. The van der Waals surface area contributed by atoms with E-state index in [1.165, 1.54) is 12.8 Å². The number of morpholine rings is 1. The highest BCUT2D eigenvalue weighted by atomic mass is 16.7. The van der Waals surface area contributed by atoms with Gasteiger partial charge in [-0.25, -0.2) is 4.79 Å². The van der Waals surface area contributed by atoms with Crippen molar-refractivity contribution < 1.29 is 38.7 Å². The highest BCUT2D eigenvalue weighted by Gasteiger charge is 2.84. The first-order chi connectivity index (χ1) is 23.6. The molecule has 3 aliphatic heterocycles. The third kappa shape index (κ3) is 4.89. The van der Waals surface area contributed by atoms with Crippen molar-refractivity contribution in [2.24, 2.45) is 56.7 Å². The van der Waals surface area contributed by atoms with Gasteiger partial charge in [-0.05, 0) is 109 Å². The number of nitrogens with zero attached hydrogens (tertiary/aromatic N) is 2. The first kappa shape index (κ1) is 35.6. The lowest BCUT2D eigenvalue weighted by atomic mass is 9.41. The van der Waals surface area contributed by atoms with Gasteiger partial charge in [0.1, 0.15) is 6.10 Å². The summed E-state index contributed by atoms with van der Waals surface area (Å²) in [6, 6.07) is 0. The van der Waals surface area contributed by atoms with Crippen LogP contribution < -0.4 is 0 Å². The van der Waals surface area contributed by atoms with Crippen molar-refractivity contribution in [3.05, 3.63) is 0 Å². The maximum absolute atomic E-state index is 13.0. The number of likely N-dealkylation sites (tertiary alicyclic amines) is 1. The SMILES string of the molecule is CC(C)[C@@H](OC(=O)N1CCC1)[C@H]1C[C@@H](C)[C@H]2[C@H](O1)[C@H](O)[C@@]1(C)[C@@H]3CC[C@H]4C(C)(C)[C@@H](O[C@H]5CN(CC(=O)O)CCO5)CC[C@@]45C[C@@]35CC[C@]21C. The molecule has 8 fully saturated rings. The van der Waals surface area contributed by atoms with E-state index >= 15 is 0 Å². The molecule has 3 heterocycles. The number of carbonyl (C=O) groups is 2. The molecule has 0 unspecified atom stereocenters. The molecule has 3 saturated heterocycles. The van der Waals surface area contributed by atoms with Gasteiger partial charge in [-0.3, -0.25) is 9.69 Å². The van der Waals surface area contributed by atoms with E-state index in [0.717, 1.165) is 58.0 Å². The number of ether oxygens (including phenoxy) is 4. The van der Waals surface area contributed by atoms with E-state index in [9.17, 15) is 19.8 Å². The van der Waals surface area contributed by atoms with Crippen LogP contribution in [0.5, 0.6) is 0 Å². The first-order valence-corrected chi connectivity index (χ1v) is 20.1. The molecule has 10 nitrogen and oxygen atoms in total. The van der Waals surface area contributed by atoms with Crippen LogP contribution in [-0.2, 0) is 23.7 Å². The molecule has 50 heavy (non-hydrogen) atoms. The van der Waals surface area contributed by atoms with Crippen molar-refractivity contribution in [3.63, 3.8) is 0 Å². The average Bonchev–Trinajstić information content (AvgIpc) is 3.65. The minimum atomic E-state index is -0.811. The Morgan fingerprint density at radius 3 is 2.38 bits per heavy atom. The fourth-order valence-corrected chi connectivity index (χ4v) is 14.4. The zero-order chi connectivity index (χ0) is 35.6. The topological polar surface area (TPSA) is 118 Å². The number of aliphatic hydroxyl groups excluding tert-OH is 1. The van der Waals surface area contributed by atoms with E-state index in [2.05, 4.69) is 48.5 Å². The van der Waals surface area contributed by atoms with Crippen LogP contribution in [-0.4, -0.2) is 108 Å². The molecule has 0 aromatic carbocycles. The standard InChI is InChI=1S/C40H64N2O8/c1-23(2)32(50-35(46)42-15-8-16-42)25-19-24(3)31-33(48-25)34(45)38(7)27-10-9-26-36(4,5)28(49-30-21-41(17-18-47-30)20-29(43)44)11-12-39(26)22-40(27,39)14-13-37(31,38)6/h23-28,30-34,45H,8-22H2,1-7H3,(H,43,44)/t24-,25-,26+,27+,28+,30+,31+,32-,33+,34+,37-,38-,39-,40+/m1/s1. The number of hydrogen-bond acceptors (Lipinski definition) is 8. The molecule has 10 heteroatoms. The summed E-state index contributed by atoms with van der Waals surface area (Å²) in [7, 11) is 0. The van der Waals surface area contributed by atoms with Crippen LogP contribution in [0.15, 0.2) is 0 Å². The normalized spacial score (nSPS) is 49.8. The molecule has 0 radical (unpaired) electrons. The van der Waals surface area contributed by atoms with Gasteiger partial charge in [-0.15, -0.1) is 0 Å². The van der Waals surface area contributed by atoms with E-state index in [-0.39, 0.29) is 76.0 Å². The predicted molar refractivity (Wildman–Crippen MR) is 186 cm³/mol. The summed E-state index contributed by atoms with van der Waals surface area (Å²) in [5, 5.41) is 22.0. The van der Waals surface area contributed by atoms with Crippen LogP contribution in [0.3, 0.4) is 0 Å². The Hall–Kier alpha value is -1.46. The third-order valence-electron chi connectivity index (χ3n) is 16.9. The van der Waals surface area contributed by atoms with Gasteiger partial charge in [-0.1, -0.05) is 48.5 Å². The van der Waals surface area contributed by atoms with Crippen molar-refractivity contribution >= 4 is 12.1 Å². The molecule has 0 aromatic heterocycles. The number of rotatable bonds is 7. The average molecular weight is 701 g/mol. The summed E-state index contributed by atoms with van der Waals surface area (Å²) < 4.78 is 26.0. The van der Waals surface area contributed by atoms with Gasteiger partial charge in [0, 0.05) is 25.0 Å². The Morgan fingerprint density at radius 2 is 1.70 bits per heavy atom. The zero-order valence-corrected chi connectivity index (χ0v) is 31.7. The Bertz CT molecular complexity index is 1350. The summed E-state index contributed by atoms with van der Waals surface area (Å²) in [6.45, 7) is 19.5. The Kier molecular flexibility index (Phi) is 8.55. The molecule has 8 rings (SSSR count). The minimum absolute atomic E-state index is 0.0210. The van der Waals surface area contributed by atoms with E-state index in [0.29, 0.717) is 37.5 Å². The van der Waals surface area contributed by atoms with E-state index in [1.54, 1.807) is 4.90 Å². The number of carbonyl (C=O) groups excluding carboxylic acids is 1. The van der Waals surface area contributed by atoms with Crippen LogP contribution in [0.4, 0.5) is 4.79 Å². The predicted octanol–water partition coefficient (Wildman–Crippen LogP) is 5.79. The summed E-state index contributed by atoms with van der Waals surface area (Å²) in [5.74, 6) is 0.951. The molecule has 5 saturated carbocycles. The van der Waals surface area contributed by atoms with Crippen LogP contribution in [0, 0.1) is 56.7 Å². The number of fused-ring (bicyclic) bond motifs is 4. The number of carboxylic acids is 1. The molecule has 0 aromatic rings. The maximum Gasteiger partial charge on any atom is 0.410 e. The molecule has 14 atom stereocenters. The molecule has 8 aliphatic rings. The minimum Gasteiger partial charge on any atom is -0.480 e. The monoisotopic (exact) mass is 700 g/mol. The molecule has 282 valence electrons. The fraction of sp³-hybridized carbons (Fsp3) is 0.950. The number of amides is 1. The quantitative estimate of drug-likeness (QED) is 0.340. The Balaban J connectivity index is 1.01. The second-order valence-corrected chi connectivity index (χ2v) is 19.5.